The number of nitrogens with zero attached hydrogens (tertiary/aromatic N) is 1. The highest BCUT2D eigenvalue weighted by Crippen LogP contribution is 2.46. The Labute approximate surface area is 158 Å². The Kier molecular flexibility index (Phi) is 5.40. The van der Waals surface area contributed by atoms with Crippen LogP contribution in [0.5, 0.6) is 5.75 Å². The minimum atomic E-state index is 0. The molecular formula is C20H21ClN2OS. The van der Waals surface area contributed by atoms with Crippen LogP contribution in [0.4, 0.5) is 11.4 Å². The number of para-hydroxylation sites is 1. The number of unbranched alkanes of at least 4 members (excludes halogenated alkanes) is 1. The topological polar surface area (TPSA) is 25.1 Å². The predicted molar refractivity (Wildman–Crippen MR) is 99.4 cm³/mol. The third kappa shape index (κ3) is 3.42. The maximum atomic E-state index is 5.85. The van der Waals surface area contributed by atoms with Crippen LogP contribution in [0.3, 0.4) is 0 Å². The quantitative estimate of drug-likeness (QED) is 0.438. The van der Waals surface area contributed by atoms with Gasteiger partial charge in [0.05, 0.1) is 23.4 Å². The second-order valence-electron chi connectivity index (χ2n) is 6.08. The Bertz CT molecular complexity index is 914. The summed E-state index contributed by atoms with van der Waals surface area (Å²) in [5.41, 5.74) is 3.54. The van der Waals surface area contributed by atoms with Crippen molar-refractivity contribution in [3.8, 4) is 5.75 Å². The average molecular weight is 373 g/mol. The molecule has 0 saturated carbocycles. The Morgan fingerprint density at radius 2 is 1.96 bits per heavy atom. The van der Waals surface area contributed by atoms with Crippen LogP contribution in [0.2, 0.25) is 0 Å². The van der Waals surface area contributed by atoms with Crippen molar-refractivity contribution in [2.24, 2.45) is 7.05 Å². The number of aryl methyl sites for hydroxylation is 1. The van der Waals surface area contributed by atoms with Crippen LogP contribution in [-0.4, -0.2) is 6.61 Å². The molecule has 3 aromatic rings. The van der Waals surface area contributed by atoms with Gasteiger partial charge in [-0.3, -0.25) is 0 Å². The minimum Gasteiger partial charge on any atom is -1.00 e. The van der Waals surface area contributed by atoms with E-state index < -0.39 is 0 Å². The SMILES string of the molecule is CCCCOc1ccc2c(c1)Nc1c(c[n+](C)c3ccccc13)S2.[Cl-]. The van der Waals surface area contributed by atoms with E-state index in [1.807, 2.05) is 11.8 Å². The Hall–Kier alpha value is -1.91. The van der Waals surface area contributed by atoms with E-state index in [2.05, 4.69) is 72.5 Å². The van der Waals surface area contributed by atoms with Crippen molar-refractivity contribution < 1.29 is 21.7 Å². The molecule has 0 amide bonds. The first-order valence-corrected chi connectivity index (χ1v) is 9.21. The molecule has 0 spiro atoms. The van der Waals surface area contributed by atoms with E-state index in [0.29, 0.717) is 0 Å². The van der Waals surface area contributed by atoms with Crippen molar-refractivity contribution in [1.29, 1.82) is 0 Å². The molecule has 1 aliphatic rings. The molecule has 5 heteroatoms. The van der Waals surface area contributed by atoms with Crippen LogP contribution in [-0.2, 0) is 7.05 Å². The van der Waals surface area contributed by atoms with E-state index in [1.54, 1.807) is 0 Å². The number of ether oxygens (including phenoxy) is 1. The zero-order chi connectivity index (χ0) is 16.5. The molecule has 0 atom stereocenters. The lowest BCUT2D eigenvalue weighted by molar-refractivity contribution is -0.646. The first-order valence-electron chi connectivity index (χ1n) is 8.39. The van der Waals surface area contributed by atoms with Crippen molar-refractivity contribution in [3.05, 3.63) is 48.7 Å². The van der Waals surface area contributed by atoms with Crippen LogP contribution in [0, 0.1) is 0 Å². The molecule has 3 nitrogen and oxygen atoms in total. The fourth-order valence-electron chi connectivity index (χ4n) is 3.01. The second kappa shape index (κ2) is 7.54. The Balaban J connectivity index is 0.00000182. The zero-order valence-electron chi connectivity index (χ0n) is 14.4. The standard InChI is InChI=1S/C20H20N2OS.ClH/c1-3-4-11-23-14-9-10-18-16(12-14)21-20-15-7-5-6-8-17(15)22(2)13-19(20)24-18;/h5-10,12-13H,3-4,11H2,1-2H3;1H. The molecule has 1 aromatic heterocycles. The summed E-state index contributed by atoms with van der Waals surface area (Å²) >= 11 is 1.81. The molecular weight excluding hydrogens is 352 g/mol. The van der Waals surface area contributed by atoms with Gasteiger partial charge in [-0.05, 0) is 24.6 Å². The highest BCUT2D eigenvalue weighted by Gasteiger charge is 2.23. The van der Waals surface area contributed by atoms with Crippen LogP contribution in [0.1, 0.15) is 19.8 Å². The third-order valence-corrected chi connectivity index (χ3v) is 5.41. The summed E-state index contributed by atoms with van der Waals surface area (Å²) in [6.45, 7) is 2.95. The van der Waals surface area contributed by atoms with Gasteiger partial charge in [-0.15, -0.1) is 0 Å². The largest absolute Gasteiger partial charge is 1.00 e. The summed E-state index contributed by atoms with van der Waals surface area (Å²) in [5, 5.41) is 4.87. The van der Waals surface area contributed by atoms with Gasteiger partial charge in [0.2, 0.25) is 5.52 Å². The first kappa shape index (κ1) is 17.9. The van der Waals surface area contributed by atoms with E-state index in [9.17, 15) is 0 Å². The highest BCUT2D eigenvalue weighted by molar-refractivity contribution is 7.99. The number of nitrogens with one attached hydrogen (secondary N) is 1. The number of rotatable bonds is 4. The summed E-state index contributed by atoms with van der Waals surface area (Å²) in [7, 11) is 2.10. The summed E-state index contributed by atoms with van der Waals surface area (Å²) in [6.07, 6.45) is 4.43. The molecule has 2 aromatic carbocycles. The lowest BCUT2D eigenvalue weighted by atomic mass is 10.1. The summed E-state index contributed by atoms with van der Waals surface area (Å²) in [6, 6.07) is 14.8. The number of hydrogen-bond donors (Lipinski definition) is 1. The van der Waals surface area contributed by atoms with Gasteiger partial charge in [-0.2, -0.15) is 4.57 Å². The Morgan fingerprint density at radius 3 is 2.80 bits per heavy atom. The maximum Gasteiger partial charge on any atom is 0.214 e. The highest BCUT2D eigenvalue weighted by atomic mass is 35.5. The maximum absolute atomic E-state index is 5.85. The number of fused-ring (bicyclic) bond motifs is 4. The molecule has 4 rings (SSSR count). The number of aromatic nitrogens is 1. The minimum absolute atomic E-state index is 0. The molecule has 130 valence electrons. The van der Waals surface area contributed by atoms with Crippen molar-refractivity contribution >= 4 is 34.0 Å². The second-order valence-corrected chi connectivity index (χ2v) is 7.17. The van der Waals surface area contributed by atoms with E-state index in [1.165, 1.54) is 26.4 Å². The molecule has 25 heavy (non-hydrogen) atoms. The molecule has 1 aliphatic heterocycles. The average Bonchev–Trinajstić information content (AvgIpc) is 2.61. The van der Waals surface area contributed by atoms with E-state index in [-0.39, 0.29) is 12.4 Å². The fourth-order valence-corrected chi connectivity index (χ4v) is 4.08. The van der Waals surface area contributed by atoms with E-state index in [0.717, 1.165) is 30.9 Å². The number of halogens is 1. The van der Waals surface area contributed by atoms with Crippen LogP contribution in [0.15, 0.2) is 58.5 Å². The molecule has 0 radical (unpaired) electrons. The number of anilines is 2. The molecule has 0 fully saturated rings. The van der Waals surface area contributed by atoms with E-state index >= 15 is 0 Å². The monoisotopic (exact) mass is 372 g/mol. The number of pyridine rings is 1. The Morgan fingerprint density at radius 1 is 1.12 bits per heavy atom. The van der Waals surface area contributed by atoms with Crippen molar-refractivity contribution in [3.63, 3.8) is 0 Å². The van der Waals surface area contributed by atoms with Gasteiger partial charge in [0.15, 0.2) is 6.20 Å². The molecule has 0 saturated heterocycles. The summed E-state index contributed by atoms with van der Waals surface area (Å²) in [4.78, 5) is 2.49. The van der Waals surface area contributed by atoms with Gasteiger partial charge < -0.3 is 22.5 Å². The van der Waals surface area contributed by atoms with E-state index in [4.69, 9.17) is 4.74 Å². The predicted octanol–water partition coefficient (Wildman–Crippen LogP) is 2.06. The molecule has 0 aliphatic carbocycles. The summed E-state index contributed by atoms with van der Waals surface area (Å²) in [5.74, 6) is 0.935. The first-order chi connectivity index (χ1) is 11.8. The number of hydrogen-bond acceptors (Lipinski definition) is 3. The van der Waals surface area contributed by atoms with Crippen molar-refractivity contribution in [1.82, 2.24) is 0 Å². The summed E-state index contributed by atoms with van der Waals surface area (Å²) < 4.78 is 8.04. The lowest BCUT2D eigenvalue weighted by Gasteiger charge is -2.21. The molecule has 0 bridgehead atoms. The zero-order valence-corrected chi connectivity index (χ0v) is 16.0. The third-order valence-electron chi connectivity index (χ3n) is 4.31. The number of benzene rings is 2. The van der Waals surface area contributed by atoms with Gasteiger partial charge in [0.1, 0.15) is 17.7 Å². The molecule has 1 N–H and O–H groups in total. The van der Waals surface area contributed by atoms with Gasteiger partial charge in [-0.25, -0.2) is 0 Å². The van der Waals surface area contributed by atoms with Crippen LogP contribution < -0.4 is 27.0 Å². The lowest BCUT2D eigenvalue weighted by Crippen LogP contribution is -3.00. The smallest absolute Gasteiger partial charge is 0.214 e. The molecule has 2 heterocycles. The normalized spacial score (nSPS) is 11.9. The van der Waals surface area contributed by atoms with Gasteiger partial charge in [-0.1, -0.05) is 37.2 Å². The van der Waals surface area contributed by atoms with Gasteiger partial charge >= 0.3 is 0 Å². The van der Waals surface area contributed by atoms with Crippen molar-refractivity contribution in [2.75, 3.05) is 11.9 Å². The van der Waals surface area contributed by atoms with Crippen LogP contribution >= 0.6 is 11.8 Å². The van der Waals surface area contributed by atoms with Gasteiger partial charge in [0.25, 0.3) is 0 Å². The van der Waals surface area contributed by atoms with Gasteiger partial charge in [0, 0.05) is 17.0 Å². The van der Waals surface area contributed by atoms with Crippen molar-refractivity contribution in [2.45, 2.75) is 29.6 Å². The fraction of sp³-hybridized carbons (Fsp3) is 0.250. The van der Waals surface area contributed by atoms with Crippen LogP contribution in [0.25, 0.3) is 10.9 Å². The molecule has 0 unspecified atom stereocenters.